The van der Waals surface area contributed by atoms with Crippen LogP contribution < -0.4 is 15.1 Å². The van der Waals surface area contributed by atoms with Gasteiger partial charge in [0.05, 0.1) is 6.21 Å². The molecule has 1 aliphatic heterocycles. The molecular weight excluding hydrogens is 398 g/mol. The number of carbonyl (C=O) groups excluding carboxylic acids is 1. The lowest BCUT2D eigenvalue weighted by molar-refractivity contribution is -0.123. The quantitative estimate of drug-likeness (QED) is 0.577. The third-order valence-electron chi connectivity index (χ3n) is 3.83. The minimum Gasteiger partial charge on any atom is -0.467 e. The fourth-order valence-electron chi connectivity index (χ4n) is 2.56. The van der Waals surface area contributed by atoms with Gasteiger partial charge in [0, 0.05) is 29.3 Å². The van der Waals surface area contributed by atoms with Crippen LogP contribution in [0.1, 0.15) is 24.1 Å². The Labute approximate surface area is 160 Å². The topological polar surface area (TPSA) is 79.7 Å². The van der Waals surface area contributed by atoms with E-state index in [1.54, 1.807) is 12.3 Å². The molecule has 26 heavy (non-hydrogen) atoms. The molecule has 0 aliphatic carbocycles. The summed E-state index contributed by atoms with van der Waals surface area (Å²) in [5.74, 6) is 0.704. The van der Waals surface area contributed by atoms with Crippen LogP contribution in [0, 0.1) is 6.92 Å². The summed E-state index contributed by atoms with van der Waals surface area (Å²) in [6, 6.07) is 9.31. The molecule has 0 bridgehead atoms. The van der Waals surface area contributed by atoms with Gasteiger partial charge in [0.25, 0.3) is 5.91 Å². The number of carbonyl (C=O) groups is 1. The van der Waals surface area contributed by atoms with E-state index in [-0.39, 0.29) is 12.5 Å². The van der Waals surface area contributed by atoms with Crippen LogP contribution >= 0.6 is 15.9 Å². The summed E-state index contributed by atoms with van der Waals surface area (Å²) in [5.41, 5.74) is 4.14. The highest BCUT2D eigenvalue weighted by Crippen LogP contribution is 2.19. The lowest BCUT2D eigenvalue weighted by atomic mass is 10.2. The standard InChI is InChI=1S/C18H20BrN5O2/c1-13-10-17(22-18(21-13)24-8-2-3-9-24)26-12-16(25)23-20-11-14-4-6-15(19)7-5-14/h4-7,10-11H,2-3,8-9,12H2,1H3,(H,23,25). The number of halogens is 1. The Bertz CT molecular complexity index is 789. The maximum Gasteiger partial charge on any atom is 0.278 e. The zero-order valence-electron chi connectivity index (χ0n) is 14.5. The van der Waals surface area contributed by atoms with E-state index in [0.29, 0.717) is 11.8 Å². The number of hydrogen-bond acceptors (Lipinski definition) is 6. The molecule has 1 aliphatic rings. The average Bonchev–Trinajstić information content (AvgIpc) is 3.16. The van der Waals surface area contributed by atoms with E-state index in [9.17, 15) is 4.79 Å². The second-order valence-corrected chi connectivity index (χ2v) is 6.89. The Hall–Kier alpha value is -2.48. The summed E-state index contributed by atoms with van der Waals surface area (Å²) >= 11 is 3.37. The van der Waals surface area contributed by atoms with Crippen molar-refractivity contribution in [1.82, 2.24) is 15.4 Å². The first-order valence-electron chi connectivity index (χ1n) is 8.41. The zero-order chi connectivity index (χ0) is 18.4. The molecule has 0 unspecified atom stereocenters. The van der Waals surface area contributed by atoms with Gasteiger partial charge >= 0.3 is 0 Å². The van der Waals surface area contributed by atoms with Crippen molar-refractivity contribution in [3.63, 3.8) is 0 Å². The largest absolute Gasteiger partial charge is 0.467 e. The van der Waals surface area contributed by atoms with Crippen molar-refractivity contribution < 1.29 is 9.53 Å². The second-order valence-electron chi connectivity index (χ2n) is 5.98. The highest BCUT2D eigenvalue weighted by atomic mass is 79.9. The molecule has 1 aromatic heterocycles. The van der Waals surface area contributed by atoms with Crippen molar-refractivity contribution in [2.45, 2.75) is 19.8 Å². The van der Waals surface area contributed by atoms with Crippen molar-refractivity contribution in [3.05, 3.63) is 46.1 Å². The van der Waals surface area contributed by atoms with Gasteiger partial charge in [0.1, 0.15) is 0 Å². The Balaban J connectivity index is 1.51. The van der Waals surface area contributed by atoms with Gasteiger partial charge in [-0.15, -0.1) is 0 Å². The van der Waals surface area contributed by atoms with Gasteiger partial charge in [-0.05, 0) is 37.5 Å². The Morgan fingerprint density at radius 1 is 1.31 bits per heavy atom. The number of benzene rings is 1. The van der Waals surface area contributed by atoms with Crippen LogP contribution in [0.5, 0.6) is 5.88 Å². The van der Waals surface area contributed by atoms with E-state index < -0.39 is 0 Å². The highest BCUT2D eigenvalue weighted by molar-refractivity contribution is 9.10. The number of aromatic nitrogens is 2. The Morgan fingerprint density at radius 3 is 2.77 bits per heavy atom. The molecule has 0 radical (unpaired) electrons. The summed E-state index contributed by atoms with van der Waals surface area (Å²) in [6.45, 7) is 3.63. The molecule has 1 fully saturated rings. The molecule has 1 saturated heterocycles. The molecule has 136 valence electrons. The summed E-state index contributed by atoms with van der Waals surface area (Å²) < 4.78 is 6.48. The molecule has 1 N–H and O–H groups in total. The van der Waals surface area contributed by atoms with Gasteiger partial charge in [-0.3, -0.25) is 4.79 Å². The molecule has 7 nitrogen and oxygen atoms in total. The minimum absolute atomic E-state index is 0.159. The fourth-order valence-corrected chi connectivity index (χ4v) is 2.82. The first-order chi connectivity index (χ1) is 12.6. The smallest absolute Gasteiger partial charge is 0.278 e. The summed E-state index contributed by atoms with van der Waals surface area (Å²) in [5, 5.41) is 3.92. The average molecular weight is 418 g/mol. The van der Waals surface area contributed by atoms with Gasteiger partial charge < -0.3 is 9.64 Å². The molecule has 1 amide bonds. The maximum atomic E-state index is 11.9. The molecule has 2 aromatic rings. The monoisotopic (exact) mass is 417 g/mol. The minimum atomic E-state index is -0.350. The van der Waals surface area contributed by atoms with Crippen molar-refractivity contribution in [2.75, 3.05) is 24.6 Å². The van der Waals surface area contributed by atoms with E-state index in [4.69, 9.17) is 4.74 Å². The number of hydrogen-bond donors (Lipinski definition) is 1. The van der Waals surface area contributed by atoms with Crippen molar-refractivity contribution in [2.24, 2.45) is 5.10 Å². The summed E-state index contributed by atoms with van der Waals surface area (Å²) in [4.78, 5) is 22.8. The third-order valence-corrected chi connectivity index (χ3v) is 4.36. The van der Waals surface area contributed by atoms with Gasteiger partial charge in [-0.25, -0.2) is 10.4 Å². The number of nitrogens with zero attached hydrogens (tertiary/aromatic N) is 4. The van der Waals surface area contributed by atoms with Crippen LogP contribution in [0.3, 0.4) is 0 Å². The number of amides is 1. The van der Waals surface area contributed by atoms with E-state index in [0.717, 1.165) is 41.7 Å². The lowest BCUT2D eigenvalue weighted by Crippen LogP contribution is -2.25. The van der Waals surface area contributed by atoms with E-state index >= 15 is 0 Å². The molecule has 0 saturated carbocycles. The highest BCUT2D eigenvalue weighted by Gasteiger charge is 2.16. The first kappa shape index (κ1) is 18.3. The number of rotatable bonds is 6. The SMILES string of the molecule is Cc1cc(OCC(=O)NN=Cc2ccc(Br)cc2)nc(N2CCCC2)n1. The zero-order valence-corrected chi connectivity index (χ0v) is 16.1. The molecule has 3 rings (SSSR count). The van der Waals surface area contributed by atoms with Gasteiger partial charge in [-0.1, -0.05) is 28.1 Å². The number of anilines is 1. The predicted octanol–water partition coefficient (Wildman–Crippen LogP) is 2.68. The Kier molecular flexibility index (Phi) is 6.17. The van der Waals surface area contributed by atoms with E-state index in [1.807, 2.05) is 31.2 Å². The lowest BCUT2D eigenvalue weighted by Gasteiger charge is -2.16. The van der Waals surface area contributed by atoms with E-state index in [1.165, 1.54) is 0 Å². The number of ether oxygens (including phenoxy) is 1. The van der Waals surface area contributed by atoms with Crippen LogP contribution in [0.2, 0.25) is 0 Å². The summed E-state index contributed by atoms with van der Waals surface area (Å²) in [6.07, 6.45) is 3.86. The van der Waals surface area contributed by atoms with Gasteiger partial charge in [0.2, 0.25) is 11.8 Å². The van der Waals surface area contributed by atoms with Gasteiger partial charge in [0.15, 0.2) is 6.61 Å². The molecule has 8 heteroatoms. The number of aryl methyl sites for hydroxylation is 1. The maximum absolute atomic E-state index is 11.9. The fraction of sp³-hybridized carbons (Fsp3) is 0.333. The van der Waals surface area contributed by atoms with Crippen LogP contribution in [0.15, 0.2) is 39.9 Å². The van der Waals surface area contributed by atoms with Crippen LogP contribution in [0.25, 0.3) is 0 Å². The molecule has 2 heterocycles. The normalized spacial score (nSPS) is 14.0. The first-order valence-corrected chi connectivity index (χ1v) is 9.20. The van der Waals surface area contributed by atoms with Crippen molar-refractivity contribution >= 4 is 34.0 Å². The Morgan fingerprint density at radius 2 is 2.04 bits per heavy atom. The van der Waals surface area contributed by atoms with Gasteiger partial charge in [-0.2, -0.15) is 10.1 Å². The van der Waals surface area contributed by atoms with Crippen LogP contribution in [-0.2, 0) is 4.79 Å². The number of hydrazone groups is 1. The van der Waals surface area contributed by atoms with E-state index in [2.05, 4.69) is 41.3 Å². The molecule has 1 aromatic carbocycles. The van der Waals surface area contributed by atoms with Crippen molar-refractivity contribution in [3.8, 4) is 5.88 Å². The van der Waals surface area contributed by atoms with Crippen LogP contribution in [0.4, 0.5) is 5.95 Å². The van der Waals surface area contributed by atoms with Crippen LogP contribution in [-0.4, -0.2) is 41.8 Å². The third kappa shape index (κ3) is 5.26. The van der Waals surface area contributed by atoms with Crippen molar-refractivity contribution in [1.29, 1.82) is 0 Å². The molecule has 0 spiro atoms. The summed E-state index contributed by atoms with van der Waals surface area (Å²) in [7, 11) is 0. The number of nitrogens with one attached hydrogen (secondary N) is 1. The second kappa shape index (κ2) is 8.75. The predicted molar refractivity (Wildman–Crippen MR) is 104 cm³/mol. The molecule has 0 atom stereocenters. The molecular formula is C18H20BrN5O2.